The molecule has 0 fully saturated rings. The van der Waals surface area contributed by atoms with Crippen LogP contribution in [0.3, 0.4) is 0 Å². The summed E-state index contributed by atoms with van der Waals surface area (Å²) in [6.45, 7) is -0.361. The van der Waals surface area contributed by atoms with Gasteiger partial charge in [-0.05, 0) is 53.2 Å². The van der Waals surface area contributed by atoms with Crippen molar-refractivity contribution in [2.24, 2.45) is 4.99 Å². The number of carbonyl (C=O) groups is 1. The van der Waals surface area contributed by atoms with Gasteiger partial charge in [0.05, 0.1) is 28.1 Å². The fraction of sp³-hybridized carbons (Fsp3) is 0.227. The Hall–Kier alpha value is -3.28. The van der Waals surface area contributed by atoms with E-state index in [0.717, 1.165) is 23.4 Å². The second-order valence-electron chi connectivity index (χ2n) is 7.72. The van der Waals surface area contributed by atoms with Crippen molar-refractivity contribution in [2.75, 3.05) is 14.1 Å². The molecule has 4 rings (SSSR count). The van der Waals surface area contributed by atoms with Gasteiger partial charge in [-0.2, -0.15) is 36.4 Å². The van der Waals surface area contributed by atoms with Crippen LogP contribution in [0.25, 0.3) is 17.0 Å². The maximum absolute atomic E-state index is 13.4. The minimum atomic E-state index is -4.95. The smallest absolute Gasteiger partial charge is 0.362 e. The minimum Gasteiger partial charge on any atom is -0.362 e. The number of halogens is 6. The van der Waals surface area contributed by atoms with E-state index in [1.54, 1.807) is 43.3 Å². The fourth-order valence-electron chi connectivity index (χ4n) is 3.46. The minimum absolute atomic E-state index is 0.118. The number of alkyl halides is 6. The average Bonchev–Trinajstić information content (AvgIpc) is 3.28. The Balaban J connectivity index is 1.66. The molecule has 178 valence electrons. The standard InChI is InChI=1S/C22H16F6N4OS/c1-31(2)19-18(34-20(33)29-19)8-12-3-6-17-14(7-12)11-32(30-17)10-13-4-5-15(21(23,24)25)9-16(13)22(26,27)28/h3-9,11H,10H2,1-2H3/b18-8-. The first kappa shape index (κ1) is 23.9. The van der Waals surface area contributed by atoms with Crippen LogP contribution < -0.4 is 0 Å². The highest BCUT2D eigenvalue weighted by atomic mass is 32.2. The molecular weight excluding hydrogens is 482 g/mol. The van der Waals surface area contributed by atoms with Crippen LogP contribution in [0.4, 0.5) is 31.1 Å². The van der Waals surface area contributed by atoms with Crippen LogP contribution in [0.2, 0.25) is 0 Å². The van der Waals surface area contributed by atoms with Gasteiger partial charge in [0.15, 0.2) is 0 Å². The largest absolute Gasteiger partial charge is 0.416 e. The third-order valence-electron chi connectivity index (χ3n) is 4.99. The lowest BCUT2D eigenvalue weighted by Gasteiger charge is -2.16. The molecule has 1 aliphatic heterocycles. The molecule has 12 heteroatoms. The second kappa shape index (κ2) is 8.49. The molecule has 0 unspecified atom stereocenters. The summed E-state index contributed by atoms with van der Waals surface area (Å²) in [6, 6.07) is 6.73. The lowest BCUT2D eigenvalue weighted by Crippen LogP contribution is -2.20. The maximum atomic E-state index is 13.4. The molecule has 0 saturated heterocycles. The summed E-state index contributed by atoms with van der Waals surface area (Å²) in [5, 5.41) is 4.53. The zero-order valence-corrected chi connectivity index (χ0v) is 18.5. The van der Waals surface area contributed by atoms with Gasteiger partial charge in [-0.1, -0.05) is 12.1 Å². The molecule has 2 heterocycles. The van der Waals surface area contributed by atoms with E-state index in [1.165, 1.54) is 10.9 Å². The van der Waals surface area contributed by atoms with Crippen molar-refractivity contribution in [3.05, 3.63) is 69.8 Å². The number of aliphatic imine (C=N–C) groups is 1. The molecule has 0 bridgehead atoms. The number of carbonyl (C=O) groups excluding carboxylic acids is 1. The normalized spacial score (nSPS) is 15.9. The van der Waals surface area contributed by atoms with Gasteiger partial charge in [0.25, 0.3) is 0 Å². The van der Waals surface area contributed by atoms with Crippen molar-refractivity contribution in [3.8, 4) is 0 Å². The zero-order valence-electron chi connectivity index (χ0n) is 17.7. The molecule has 0 atom stereocenters. The Morgan fingerprint density at radius 2 is 1.76 bits per heavy atom. The Bertz CT molecular complexity index is 1340. The summed E-state index contributed by atoms with van der Waals surface area (Å²) in [5.41, 5.74) is -1.83. The molecule has 34 heavy (non-hydrogen) atoms. The van der Waals surface area contributed by atoms with Gasteiger partial charge in [0.2, 0.25) is 0 Å². The number of hydrogen-bond donors (Lipinski definition) is 0. The molecule has 0 spiro atoms. The number of hydrogen-bond acceptors (Lipinski definition) is 4. The Morgan fingerprint density at radius 1 is 1.03 bits per heavy atom. The van der Waals surface area contributed by atoms with E-state index in [1.807, 2.05) is 0 Å². The molecule has 3 aromatic rings. The summed E-state index contributed by atoms with van der Waals surface area (Å²) >= 11 is 0.985. The highest BCUT2D eigenvalue weighted by Gasteiger charge is 2.38. The van der Waals surface area contributed by atoms with Crippen molar-refractivity contribution in [1.82, 2.24) is 14.7 Å². The summed E-state index contributed by atoms with van der Waals surface area (Å²) in [6.07, 6.45) is -6.56. The topological polar surface area (TPSA) is 50.5 Å². The zero-order chi connectivity index (χ0) is 24.8. The van der Waals surface area contributed by atoms with E-state index >= 15 is 0 Å². The number of benzene rings is 2. The molecule has 0 aliphatic carbocycles. The highest BCUT2D eigenvalue weighted by molar-refractivity contribution is 8.18. The highest BCUT2D eigenvalue weighted by Crippen LogP contribution is 2.37. The van der Waals surface area contributed by atoms with Crippen molar-refractivity contribution >= 4 is 39.8 Å². The third-order valence-corrected chi connectivity index (χ3v) is 5.77. The number of rotatable bonds is 3. The summed E-state index contributed by atoms with van der Waals surface area (Å²) < 4.78 is 80.3. The van der Waals surface area contributed by atoms with Crippen LogP contribution in [0.5, 0.6) is 0 Å². The van der Waals surface area contributed by atoms with Crippen molar-refractivity contribution in [3.63, 3.8) is 0 Å². The van der Waals surface area contributed by atoms with Crippen molar-refractivity contribution in [1.29, 1.82) is 0 Å². The number of likely N-dealkylation sites (N-methyl/N-ethyl adjacent to an activating group) is 1. The maximum Gasteiger partial charge on any atom is 0.416 e. The van der Waals surface area contributed by atoms with E-state index in [0.29, 0.717) is 27.7 Å². The molecule has 0 saturated carbocycles. The van der Waals surface area contributed by atoms with Gasteiger partial charge in [-0.3, -0.25) is 9.48 Å². The summed E-state index contributed by atoms with van der Waals surface area (Å²) in [4.78, 5) is 18.0. The van der Waals surface area contributed by atoms with Crippen molar-refractivity contribution < 1.29 is 31.1 Å². The van der Waals surface area contributed by atoms with Gasteiger partial charge in [-0.25, -0.2) is 0 Å². The van der Waals surface area contributed by atoms with Crippen LogP contribution >= 0.6 is 11.8 Å². The molecular formula is C22H16F6N4OS. The molecule has 5 nitrogen and oxygen atoms in total. The Labute approximate surface area is 193 Å². The average molecular weight is 498 g/mol. The number of amidine groups is 1. The number of nitrogens with zero attached hydrogens (tertiary/aromatic N) is 4. The molecule has 1 aliphatic rings. The second-order valence-corrected chi connectivity index (χ2v) is 8.71. The lowest BCUT2D eigenvalue weighted by atomic mass is 10.0. The van der Waals surface area contributed by atoms with Crippen LogP contribution in [-0.2, 0) is 18.9 Å². The summed E-state index contributed by atoms with van der Waals surface area (Å²) in [7, 11) is 3.52. The molecule has 1 aromatic heterocycles. The van der Waals surface area contributed by atoms with Gasteiger partial charge in [0.1, 0.15) is 5.84 Å². The first-order chi connectivity index (χ1) is 15.8. The van der Waals surface area contributed by atoms with Crippen molar-refractivity contribution in [2.45, 2.75) is 18.9 Å². The van der Waals surface area contributed by atoms with Crippen LogP contribution in [0.1, 0.15) is 22.3 Å². The van der Waals surface area contributed by atoms with Gasteiger partial charge < -0.3 is 4.90 Å². The first-order valence-corrected chi connectivity index (χ1v) is 10.6. The molecule has 0 N–H and O–H groups in total. The summed E-state index contributed by atoms with van der Waals surface area (Å²) in [5.74, 6) is 0.521. The fourth-order valence-corrected chi connectivity index (χ4v) is 4.30. The molecule has 2 aromatic carbocycles. The van der Waals surface area contributed by atoms with Crippen LogP contribution in [0.15, 0.2) is 52.5 Å². The monoisotopic (exact) mass is 498 g/mol. The SMILES string of the molecule is CN(C)C1=NC(=O)S/C1=C\c1ccc2nn(Cc3ccc(C(F)(F)F)cc3C(F)(F)F)cc2c1. The first-order valence-electron chi connectivity index (χ1n) is 9.76. The van der Waals surface area contributed by atoms with E-state index in [9.17, 15) is 31.1 Å². The molecule has 1 amide bonds. The lowest BCUT2D eigenvalue weighted by molar-refractivity contribution is -0.143. The number of thioether (sulfide) groups is 1. The van der Waals surface area contributed by atoms with Crippen LogP contribution in [0, 0.1) is 0 Å². The predicted octanol–water partition coefficient (Wildman–Crippen LogP) is 6.29. The van der Waals surface area contributed by atoms with Gasteiger partial charge >= 0.3 is 17.6 Å². The number of amides is 1. The van der Waals surface area contributed by atoms with E-state index in [4.69, 9.17) is 0 Å². The third kappa shape index (κ3) is 4.96. The van der Waals surface area contributed by atoms with Gasteiger partial charge in [0, 0.05) is 25.7 Å². The predicted molar refractivity (Wildman–Crippen MR) is 117 cm³/mol. The number of fused-ring (bicyclic) bond motifs is 1. The number of aromatic nitrogens is 2. The van der Waals surface area contributed by atoms with E-state index in [2.05, 4.69) is 10.1 Å². The molecule has 0 radical (unpaired) electrons. The Morgan fingerprint density at radius 3 is 2.41 bits per heavy atom. The Kier molecular flexibility index (Phi) is 5.96. The van der Waals surface area contributed by atoms with E-state index in [-0.39, 0.29) is 23.4 Å². The van der Waals surface area contributed by atoms with E-state index < -0.39 is 23.5 Å². The van der Waals surface area contributed by atoms with Crippen LogP contribution in [-0.4, -0.2) is 39.9 Å². The quantitative estimate of drug-likeness (QED) is 0.399. The van der Waals surface area contributed by atoms with Gasteiger partial charge in [-0.15, -0.1) is 0 Å².